The number of nitrogens with one attached hydrogen (secondary N) is 1. The van der Waals surface area contributed by atoms with Gasteiger partial charge in [0.1, 0.15) is 5.75 Å². The van der Waals surface area contributed by atoms with Crippen LogP contribution in [0.4, 0.5) is 0 Å². The van der Waals surface area contributed by atoms with Crippen LogP contribution in [0.15, 0.2) is 21.1 Å². The highest BCUT2D eigenvalue weighted by molar-refractivity contribution is 9.11. The number of likely N-dealkylation sites (tertiary alicyclic amines) is 1. The molecule has 2 rings (SSSR count). The fourth-order valence-corrected chi connectivity index (χ4v) is 4.13. The van der Waals surface area contributed by atoms with E-state index in [9.17, 15) is 4.79 Å². The van der Waals surface area contributed by atoms with Gasteiger partial charge in [-0.15, -0.1) is 0 Å². The van der Waals surface area contributed by atoms with Gasteiger partial charge in [-0.3, -0.25) is 4.79 Å². The Bertz CT molecular complexity index is 514. The first kappa shape index (κ1) is 18.7. The summed E-state index contributed by atoms with van der Waals surface area (Å²) in [7, 11) is 0. The second kappa shape index (κ2) is 9.64. The number of halogens is 2. The van der Waals surface area contributed by atoms with Crippen molar-refractivity contribution in [1.29, 1.82) is 0 Å². The second-order valence-corrected chi connectivity index (χ2v) is 7.46. The van der Waals surface area contributed by atoms with Crippen LogP contribution in [0.25, 0.3) is 0 Å². The van der Waals surface area contributed by atoms with Gasteiger partial charge in [-0.25, -0.2) is 0 Å². The van der Waals surface area contributed by atoms with Crippen molar-refractivity contribution in [3.05, 3.63) is 26.6 Å². The smallest absolute Gasteiger partial charge is 0.222 e. The number of carbonyl (C=O) groups excluding carboxylic acids is 1. The van der Waals surface area contributed by atoms with Crippen molar-refractivity contribution in [2.24, 2.45) is 0 Å². The molecule has 1 aliphatic heterocycles. The monoisotopic (exact) mass is 446 g/mol. The second-order valence-electron chi connectivity index (χ2n) is 5.75. The molecule has 6 heteroatoms. The Labute approximate surface area is 155 Å². The van der Waals surface area contributed by atoms with Gasteiger partial charge in [-0.1, -0.05) is 6.92 Å². The summed E-state index contributed by atoms with van der Waals surface area (Å²) in [5.41, 5.74) is 1.20. The Kier molecular flexibility index (Phi) is 7.86. The highest BCUT2D eigenvalue weighted by Gasteiger charge is 2.18. The Morgan fingerprint density at radius 2 is 2.04 bits per heavy atom. The molecule has 128 valence electrons. The van der Waals surface area contributed by atoms with E-state index in [-0.39, 0.29) is 0 Å². The first-order chi connectivity index (χ1) is 11.1. The van der Waals surface area contributed by atoms with E-state index in [1.165, 1.54) is 5.56 Å². The first-order valence-corrected chi connectivity index (χ1v) is 9.79. The van der Waals surface area contributed by atoms with Crippen molar-refractivity contribution in [2.45, 2.75) is 39.2 Å². The molecule has 23 heavy (non-hydrogen) atoms. The van der Waals surface area contributed by atoms with Crippen LogP contribution in [0, 0.1) is 0 Å². The zero-order valence-electron chi connectivity index (χ0n) is 13.5. The lowest BCUT2D eigenvalue weighted by Gasteiger charge is -2.15. The van der Waals surface area contributed by atoms with Crippen molar-refractivity contribution in [1.82, 2.24) is 10.2 Å². The van der Waals surface area contributed by atoms with Gasteiger partial charge >= 0.3 is 0 Å². The van der Waals surface area contributed by atoms with Gasteiger partial charge in [0.2, 0.25) is 5.91 Å². The number of benzene rings is 1. The predicted molar refractivity (Wildman–Crippen MR) is 99.8 cm³/mol. The molecule has 0 radical (unpaired) electrons. The zero-order chi connectivity index (χ0) is 16.7. The molecule has 1 aromatic rings. The Morgan fingerprint density at radius 3 is 2.65 bits per heavy atom. The molecule has 1 saturated heterocycles. The van der Waals surface area contributed by atoms with E-state index < -0.39 is 0 Å². The SMILES string of the molecule is CCCOc1c(Br)cc(CNCCCN2CCCC2=O)cc1Br. The molecule has 1 heterocycles. The third kappa shape index (κ3) is 5.76. The Hall–Kier alpha value is -0.590. The summed E-state index contributed by atoms with van der Waals surface area (Å²) in [6.07, 6.45) is 3.72. The predicted octanol–water partition coefficient (Wildman–Crippen LogP) is 4.10. The van der Waals surface area contributed by atoms with E-state index in [1.54, 1.807) is 0 Å². The molecule has 1 aliphatic rings. The number of amides is 1. The first-order valence-electron chi connectivity index (χ1n) is 8.21. The highest BCUT2D eigenvalue weighted by atomic mass is 79.9. The van der Waals surface area contributed by atoms with Gasteiger partial charge in [0.25, 0.3) is 0 Å². The summed E-state index contributed by atoms with van der Waals surface area (Å²) in [5, 5.41) is 3.44. The fourth-order valence-electron chi connectivity index (χ4n) is 2.62. The maximum atomic E-state index is 11.5. The van der Waals surface area contributed by atoms with E-state index in [4.69, 9.17) is 4.74 Å². The van der Waals surface area contributed by atoms with E-state index in [0.717, 1.165) is 66.6 Å². The Morgan fingerprint density at radius 1 is 1.30 bits per heavy atom. The minimum absolute atomic E-state index is 0.306. The molecule has 1 fully saturated rings. The standard InChI is InChI=1S/C17H24Br2N2O2/c1-2-9-23-17-14(18)10-13(11-15(17)19)12-20-6-4-8-21-7-3-5-16(21)22/h10-11,20H,2-9,12H2,1H3. The normalized spacial score (nSPS) is 14.6. The third-order valence-corrected chi connectivity index (χ3v) is 4.97. The number of hydrogen-bond donors (Lipinski definition) is 1. The van der Waals surface area contributed by atoms with Gasteiger partial charge < -0.3 is 15.0 Å². The van der Waals surface area contributed by atoms with Crippen LogP contribution in [0.3, 0.4) is 0 Å². The average Bonchev–Trinajstić information content (AvgIpc) is 2.91. The van der Waals surface area contributed by atoms with Gasteiger partial charge in [-0.05, 0) is 75.4 Å². The minimum atomic E-state index is 0.306. The van der Waals surface area contributed by atoms with Crippen molar-refractivity contribution in [3.63, 3.8) is 0 Å². The summed E-state index contributed by atoms with van der Waals surface area (Å²) in [6.45, 7) is 6.31. The number of carbonyl (C=O) groups is 1. The molecule has 0 atom stereocenters. The number of rotatable bonds is 9. The summed E-state index contributed by atoms with van der Waals surface area (Å²) in [5.74, 6) is 1.17. The molecular weight excluding hydrogens is 424 g/mol. The molecule has 0 aromatic heterocycles. The van der Waals surface area contributed by atoms with E-state index >= 15 is 0 Å². The molecule has 4 nitrogen and oxygen atoms in total. The lowest BCUT2D eigenvalue weighted by atomic mass is 10.2. The summed E-state index contributed by atoms with van der Waals surface area (Å²) < 4.78 is 7.67. The van der Waals surface area contributed by atoms with Crippen LogP contribution in [-0.4, -0.2) is 37.0 Å². The van der Waals surface area contributed by atoms with Crippen molar-refractivity contribution in [3.8, 4) is 5.75 Å². The third-order valence-electron chi connectivity index (χ3n) is 3.79. The summed E-state index contributed by atoms with van der Waals surface area (Å²) in [4.78, 5) is 13.5. The maximum absolute atomic E-state index is 11.5. The quantitative estimate of drug-likeness (QED) is 0.579. The maximum Gasteiger partial charge on any atom is 0.222 e. The largest absolute Gasteiger partial charge is 0.491 e. The molecular formula is C17H24Br2N2O2. The molecule has 1 N–H and O–H groups in total. The molecule has 0 unspecified atom stereocenters. The lowest BCUT2D eigenvalue weighted by molar-refractivity contribution is -0.127. The molecule has 0 aliphatic carbocycles. The van der Waals surface area contributed by atoms with Crippen LogP contribution in [0.2, 0.25) is 0 Å². The number of ether oxygens (including phenoxy) is 1. The fraction of sp³-hybridized carbons (Fsp3) is 0.588. The van der Waals surface area contributed by atoms with Gasteiger partial charge in [0.05, 0.1) is 15.6 Å². The van der Waals surface area contributed by atoms with Crippen molar-refractivity contribution in [2.75, 3.05) is 26.2 Å². The zero-order valence-corrected chi connectivity index (χ0v) is 16.7. The topological polar surface area (TPSA) is 41.6 Å². The molecule has 1 amide bonds. The number of nitrogens with zero attached hydrogens (tertiary/aromatic N) is 1. The van der Waals surface area contributed by atoms with E-state index in [1.807, 2.05) is 4.90 Å². The molecule has 0 saturated carbocycles. The highest BCUT2D eigenvalue weighted by Crippen LogP contribution is 2.34. The average molecular weight is 448 g/mol. The van der Waals surface area contributed by atoms with Gasteiger partial charge in [0, 0.05) is 26.1 Å². The summed E-state index contributed by atoms with van der Waals surface area (Å²) >= 11 is 7.15. The van der Waals surface area contributed by atoms with Crippen LogP contribution in [0.5, 0.6) is 5.75 Å². The van der Waals surface area contributed by atoms with Crippen molar-refractivity contribution >= 4 is 37.8 Å². The molecule has 0 spiro atoms. The van der Waals surface area contributed by atoms with Gasteiger partial charge in [0.15, 0.2) is 0 Å². The van der Waals surface area contributed by atoms with Crippen LogP contribution < -0.4 is 10.1 Å². The molecule has 0 bridgehead atoms. The van der Waals surface area contributed by atoms with Gasteiger partial charge in [-0.2, -0.15) is 0 Å². The lowest BCUT2D eigenvalue weighted by Crippen LogP contribution is -2.28. The number of hydrogen-bond acceptors (Lipinski definition) is 3. The van der Waals surface area contributed by atoms with Crippen LogP contribution >= 0.6 is 31.9 Å². The Balaban J connectivity index is 1.74. The van der Waals surface area contributed by atoms with E-state index in [2.05, 4.69) is 56.2 Å². The van der Waals surface area contributed by atoms with Crippen molar-refractivity contribution < 1.29 is 9.53 Å². The minimum Gasteiger partial charge on any atom is -0.491 e. The van der Waals surface area contributed by atoms with Crippen LogP contribution in [-0.2, 0) is 11.3 Å². The van der Waals surface area contributed by atoms with E-state index in [0.29, 0.717) is 12.5 Å². The van der Waals surface area contributed by atoms with Crippen LogP contribution in [0.1, 0.15) is 38.2 Å². The molecule has 1 aromatic carbocycles. The summed E-state index contributed by atoms with van der Waals surface area (Å²) in [6, 6.07) is 4.18.